The van der Waals surface area contributed by atoms with Crippen LogP contribution in [0, 0.1) is 0 Å². The van der Waals surface area contributed by atoms with Gasteiger partial charge >= 0.3 is 6.18 Å². The van der Waals surface area contributed by atoms with E-state index in [0.717, 1.165) is 11.3 Å². The fourth-order valence-electron chi connectivity index (χ4n) is 1.57. The third-order valence-corrected chi connectivity index (χ3v) is 2.87. The van der Waals surface area contributed by atoms with Gasteiger partial charge in [-0.2, -0.15) is 13.2 Å². The van der Waals surface area contributed by atoms with E-state index in [1.54, 1.807) is 24.3 Å². The molecule has 0 aliphatic rings. The van der Waals surface area contributed by atoms with Crippen LogP contribution in [0.4, 0.5) is 13.2 Å². The van der Waals surface area contributed by atoms with E-state index in [0.29, 0.717) is 6.42 Å². The maximum absolute atomic E-state index is 11.9. The SMILES string of the molecule is CC(C)Oc1ccc(C(Cl)CCOCC(F)(F)F)cc1. The molecular weight excluding hydrogens is 293 g/mol. The summed E-state index contributed by atoms with van der Waals surface area (Å²) < 4.78 is 45.7. The lowest BCUT2D eigenvalue weighted by atomic mass is 10.1. The third-order valence-electron chi connectivity index (χ3n) is 2.39. The Morgan fingerprint density at radius 2 is 1.75 bits per heavy atom. The first-order valence-corrected chi connectivity index (χ1v) is 6.77. The highest BCUT2D eigenvalue weighted by atomic mass is 35.5. The van der Waals surface area contributed by atoms with E-state index in [1.165, 1.54) is 0 Å². The van der Waals surface area contributed by atoms with Gasteiger partial charge in [-0.25, -0.2) is 0 Å². The molecule has 20 heavy (non-hydrogen) atoms. The fourth-order valence-corrected chi connectivity index (χ4v) is 1.80. The lowest BCUT2D eigenvalue weighted by Gasteiger charge is -2.13. The van der Waals surface area contributed by atoms with E-state index in [-0.39, 0.29) is 18.1 Å². The number of benzene rings is 1. The first-order valence-electron chi connectivity index (χ1n) is 6.33. The lowest BCUT2D eigenvalue weighted by molar-refractivity contribution is -0.174. The van der Waals surface area contributed by atoms with Crippen LogP contribution in [0.2, 0.25) is 0 Å². The molecule has 114 valence electrons. The van der Waals surface area contributed by atoms with E-state index in [4.69, 9.17) is 16.3 Å². The van der Waals surface area contributed by atoms with Crippen molar-refractivity contribution in [3.63, 3.8) is 0 Å². The fraction of sp³-hybridized carbons (Fsp3) is 0.571. The number of hydrogen-bond donors (Lipinski definition) is 0. The summed E-state index contributed by atoms with van der Waals surface area (Å²) in [5.74, 6) is 0.737. The summed E-state index contributed by atoms with van der Waals surface area (Å²) >= 11 is 6.11. The Hall–Kier alpha value is -0.940. The molecule has 0 N–H and O–H groups in total. The van der Waals surface area contributed by atoms with E-state index in [9.17, 15) is 13.2 Å². The van der Waals surface area contributed by atoms with Crippen LogP contribution < -0.4 is 4.74 Å². The summed E-state index contributed by atoms with van der Waals surface area (Å²) in [5, 5.41) is -0.378. The highest BCUT2D eigenvalue weighted by molar-refractivity contribution is 6.20. The zero-order chi connectivity index (χ0) is 15.2. The minimum absolute atomic E-state index is 0.0298. The van der Waals surface area contributed by atoms with Crippen molar-refractivity contribution >= 4 is 11.6 Å². The summed E-state index contributed by atoms with van der Waals surface area (Å²) in [6.45, 7) is 2.59. The largest absolute Gasteiger partial charge is 0.491 e. The highest BCUT2D eigenvalue weighted by Crippen LogP contribution is 2.26. The minimum atomic E-state index is -4.29. The molecule has 0 saturated carbocycles. The molecule has 0 aliphatic heterocycles. The predicted octanol–water partition coefficient (Wildman–Crippen LogP) is 4.72. The van der Waals surface area contributed by atoms with Crippen molar-refractivity contribution in [1.82, 2.24) is 0 Å². The van der Waals surface area contributed by atoms with Gasteiger partial charge in [0.05, 0.1) is 11.5 Å². The molecular formula is C14H18ClF3O2. The lowest BCUT2D eigenvalue weighted by Crippen LogP contribution is -2.17. The van der Waals surface area contributed by atoms with E-state index in [1.807, 2.05) is 13.8 Å². The molecule has 1 atom stereocenters. The van der Waals surface area contributed by atoms with Gasteiger partial charge in [0, 0.05) is 6.61 Å². The molecule has 6 heteroatoms. The Balaban J connectivity index is 2.38. The van der Waals surface area contributed by atoms with Gasteiger partial charge in [-0.1, -0.05) is 12.1 Å². The molecule has 0 aliphatic carbocycles. The number of halogens is 4. The summed E-state index contributed by atoms with van der Waals surface area (Å²) in [5.41, 5.74) is 0.832. The summed E-state index contributed by atoms with van der Waals surface area (Å²) in [6, 6.07) is 7.20. The zero-order valence-corrected chi connectivity index (χ0v) is 12.2. The van der Waals surface area contributed by atoms with Gasteiger partial charge in [0.1, 0.15) is 12.4 Å². The molecule has 0 aromatic heterocycles. The quantitative estimate of drug-likeness (QED) is 0.536. The third kappa shape index (κ3) is 7.01. The topological polar surface area (TPSA) is 18.5 Å². The summed E-state index contributed by atoms with van der Waals surface area (Å²) in [7, 11) is 0. The van der Waals surface area contributed by atoms with Crippen LogP contribution in [-0.4, -0.2) is 25.5 Å². The first kappa shape index (κ1) is 17.1. The smallest absolute Gasteiger partial charge is 0.411 e. The molecule has 0 fully saturated rings. The Morgan fingerprint density at radius 1 is 1.15 bits per heavy atom. The van der Waals surface area contributed by atoms with Crippen molar-refractivity contribution in [3.05, 3.63) is 29.8 Å². The molecule has 0 radical (unpaired) electrons. The molecule has 0 saturated heterocycles. The van der Waals surface area contributed by atoms with Gasteiger partial charge in [0.25, 0.3) is 0 Å². The van der Waals surface area contributed by atoms with Crippen LogP contribution in [0.15, 0.2) is 24.3 Å². The molecule has 1 rings (SSSR count). The molecule has 1 unspecified atom stereocenters. The molecule has 0 amide bonds. The maximum atomic E-state index is 11.9. The normalized spacial score (nSPS) is 13.6. The zero-order valence-electron chi connectivity index (χ0n) is 11.4. The average molecular weight is 311 g/mol. The van der Waals surface area contributed by atoms with Crippen molar-refractivity contribution in [1.29, 1.82) is 0 Å². The van der Waals surface area contributed by atoms with Crippen LogP contribution in [0.1, 0.15) is 31.2 Å². The van der Waals surface area contributed by atoms with E-state index < -0.39 is 12.8 Å². The second-order valence-electron chi connectivity index (χ2n) is 4.66. The second kappa shape index (κ2) is 7.74. The number of rotatable bonds is 7. The molecule has 0 heterocycles. The van der Waals surface area contributed by atoms with Gasteiger partial charge < -0.3 is 9.47 Å². The monoisotopic (exact) mass is 310 g/mol. The van der Waals surface area contributed by atoms with Crippen LogP contribution in [0.25, 0.3) is 0 Å². The first-order chi connectivity index (χ1) is 9.28. The number of hydrogen-bond acceptors (Lipinski definition) is 2. The van der Waals surface area contributed by atoms with Crippen LogP contribution in [0.5, 0.6) is 5.75 Å². The summed E-state index contributed by atoms with van der Waals surface area (Å²) in [6.07, 6.45) is -3.89. The van der Waals surface area contributed by atoms with Gasteiger partial charge in [0.15, 0.2) is 0 Å². The van der Waals surface area contributed by atoms with Crippen LogP contribution in [0.3, 0.4) is 0 Å². The minimum Gasteiger partial charge on any atom is -0.491 e. The van der Waals surface area contributed by atoms with Crippen molar-refractivity contribution in [2.75, 3.05) is 13.2 Å². The Bertz CT molecular complexity index is 390. The molecule has 1 aromatic rings. The Morgan fingerprint density at radius 3 is 2.25 bits per heavy atom. The molecule has 2 nitrogen and oxygen atoms in total. The Kier molecular flexibility index (Phi) is 6.62. The van der Waals surface area contributed by atoms with Crippen molar-refractivity contribution < 1.29 is 22.6 Å². The van der Waals surface area contributed by atoms with Crippen molar-refractivity contribution in [2.45, 2.75) is 37.9 Å². The predicted molar refractivity (Wildman–Crippen MR) is 72.3 cm³/mol. The van der Waals surface area contributed by atoms with Crippen molar-refractivity contribution in [2.24, 2.45) is 0 Å². The standard InChI is InChI=1S/C14H18ClF3O2/c1-10(2)20-12-5-3-11(4-6-12)13(15)7-8-19-9-14(16,17)18/h3-6,10,13H,7-9H2,1-2H3. The number of ether oxygens (including phenoxy) is 2. The molecule has 0 bridgehead atoms. The average Bonchev–Trinajstić information content (AvgIpc) is 2.33. The van der Waals surface area contributed by atoms with Crippen LogP contribution in [-0.2, 0) is 4.74 Å². The Labute approximate surface area is 121 Å². The number of alkyl halides is 4. The maximum Gasteiger partial charge on any atom is 0.411 e. The van der Waals surface area contributed by atoms with Crippen molar-refractivity contribution in [3.8, 4) is 5.75 Å². The molecule has 0 spiro atoms. The van der Waals surface area contributed by atoms with Gasteiger partial charge in [-0.15, -0.1) is 11.6 Å². The van der Waals surface area contributed by atoms with Gasteiger partial charge in [0.2, 0.25) is 0 Å². The highest BCUT2D eigenvalue weighted by Gasteiger charge is 2.27. The van der Waals surface area contributed by atoms with E-state index >= 15 is 0 Å². The van der Waals surface area contributed by atoms with Gasteiger partial charge in [-0.3, -0.25) is 0 Å². The second-order valence-corrected chi connectivity index (χ2v) is 5.19. The summed E-state index contributed by atoms with van der Waals surface area (Å²) in [4.78, 5) is 0. The van der Waals surface area contributed by atoms with Gasteiger partial charge in [-0.05, 0) is 38.0 Å². The molecule has 1 aromatic carbocycles. The van der Waals surface area contributed by atoms with Crippen LogP contribution >= 0.6 is 11.6 Å². The van der Waals surface area contributed by atoms with E-state index in [2.05, 4.69) is 4.74 Å².